The lowest BCUT2D eigenvalue weighted by atomic mass is 10.0. The maximum Gasteiger partial charge on any atom is 0.257 e. The summed E-state index contributed by atoms with van der Waals surface area (Å²) in [6.07, 6.45) is 3.48. The van der Waals surface area contributed by atoms with Crippen molar-refractivity contribution >= 4 is 11.6 Å². The van der Waals surface area contributed by atoms with Gasteiger partial charge in [-0.2, -0.15) is 5.10 Å². The van der Waals surface area contributed by atoms with Crippen LogP contribution >= 0.6 is 0 Å². The van der Waals surface area contributed by atoms with E-state index in [2.05, 4.69) is 51.5 Å². The molecular formula is C21H25N5O2. The topological polar surface area (TPSA) is 71.8 Å². The van der Waals surface area contributed by atoms with E-state index >= 15 is 0 Å². The van der Waals surface area contributed by atoms with Crippen LogP contribution in [0.15, 0.2) is 42.7 Å². The van der Waals surface area contributed by atoms with Crippen LogP contribution in [0.25, 0.3) is 5.65 Å². The largest absolute Gasteiger partial charge is 0.379 e. The van der Waals surface area contributed by atoms with Crippen LogP contribution in [-0.2, 0) is 4.74 Å². The van der Waals surface area contributed by atoms with Crippen LogP contribution in [0.5, 0.6) is 0 Å². The fraction of sp³-hybridized carbons (Fsp3) is 0.381. The fourth-order valence-corrected chi connectivity index (χ4v) is 3.76. The van der Waals surface area contributed by atoms with Crippen molar-refractivity contribution < 1.29 is 9.53 Å². The maximum absolute atomic E-state index is 13.0. The number of nitrogens with zero attached hydrogens (tertiary/aromatic N) is 4. The number of aryl methyl sites for hydroxylation is 2. The molecule has 7 nitrogen and oxygen atoms in total. The van der Waals surface area contributed by atoms with Crippen LogP contribution in [0.3, 0.4) is 0 Å². The quantitative estimate of drug-likeness (QED) is 0.735. The second-order valence-corrected chi connectivity index (χ2v) is 7.14. The van der Waals surface area contributed by atoms with E-state index in [-0.39, 0.29) is 11.9 Å². The zero-order valence-corrected chi connectivity index (χ0v) is 16.3. The van der Waals surface area contributed by atoms with Gasteiger partial charge in [0.1, 0.15) is 5.56 Å². The average molecular weight is 379 g/mol. The van der Waals surface area contributed by atoms with Gasteiger partial charge in [-0.25, -0.2) is 9.50 Å². The highest BCUT2D eigenvalue weighted by Gasteiger charge is 2.25. The van der Waals surface area contributed by atoms with Crippen LogP contribution in [0.2, 0.25) is 0 Å². The molecule has 1 fully saturated rings. The molecule has 1 amide bonds. The molecule has 1 aliphatic heterocycles. The number of amides is 1. The second-order valence-electron chi connectivity index (χ2n) is 7.14. The summed E-state index contributed by atoms with van der Waals surface area (Å²) in [6, 6.07) is 10.4. The van der Waals surface area contributed by atoms with Gasteiger partial charge in [-0.1, -0.05) is 29.8 Å². The molecule has 1 saturated heterocycles. The summed E-state index contributed by atoms with van der Waals surface area (Å²) in [7, 11) is 0. The summed E-state index contributed by atoms with van der Waals surface area (Å²) in [5.74, 6) is -0.142. The van der Waals surface area contributed by atoms with Gasteiger partial charge in [0.25, 0.3) is 5.91 Å². The van der Waals surface area contributed by atoms with E-state index in [4.69, 9.17) is 4.74 Å². The van der Waals surface area contributed by atoms with Crippen LogP contribution in [-0.4, -0.2) is 58.3 Å². The van der Waals surface area contributed by atoms with Gasteiger partial charge in [-0.3, -0.25) is 9.69 Å². The minimum atomic E-state index is -0.142. The smallest absolute Gasteiger partial charge is 0.257 e. The Morgan fingerprint density at radius 1 is 1.25 bits per heavy atom. The standard InChI is InChI=1S/C21H25N5O2/c1-15-5-3-6-17(13-15)18(25-9-11-28-12-10-25)14-23-21(27)19-16(2)24-26-8-4-7-22-20(19)26/h3-8,13,18H,9-12,14H2,1-2H3,(H,23,27). The van der Waals surface area contributed by atoms with E-state index in [9.17, 15) is 4.79 Å². The van der Waals surface area contributed by atoms with Gasteiger partial charge in [0.05, 0.1) is 24.9 Å². The zero-order chi connectivity index (χ0) is 19.5. The van der Waals surface area contributed by atoms with Gasteiger partial charge in [0.15, 0.2) is 5.65 Å². The first-order chi connectivity index (χ1) is 13.6. The number of carbonyl (C=O) groups excluding carboxylic acids is 1. The molecular weight excluding hydrogens is 354 g/mol. The van der Waals surface area contributed by atoms with Crippen molar-refractivity contribution in [2.45, 2.75) is 19.9 Å². The summed E-state index contributed by atoms with van der Waals surface area (Å²) >= 11 is 0. The monoisotopic (exact) mass is 379 g/mol. The van der Waals surface area contributed by atoms with Crippen LogP contribution in [0, 0.1) is 13.8 Å². The number of rotatable bonds is 5. The van der Waals surface area contributed by atoms with Gasteiger partial charge in [-0.05, 0) is 25.5 Å². The Morgan fingerprint density at radius 3 is 2.86 bits per heavy atom. The number of aromatic nitrogens is 3. The molecule has 0 spiro atoms. The molecule has 2 aromatic heterocycles. The Labute approximate surface area is 164 Å². The lowest BCUT2D eigenvalue weighted by molar-refractivity contribution is 0.0162. The Morgan fingerprint density at radius 2 is 2.07 bits per heavy atom. The van der Waals surface area contributed by atoms with Crippen molar-refractivity contribution in [2.24, 2.45) is 0 Å². The van der Waals surface area contributed by atoms with Gasteiger partial charge >= 0.3 is 0 Å². The molecule has 0 aliphatic carbocycles. The van der Waals surface area contributed by atoms with Crippen LogP contribution < -0.4 is 5.32 Å². The molecule has 1 atom stereocenters. The van der Waals surface area contributed by atoms with Gasteiger partial charge < -0.3 is 10.1 Å². The van der Waals surface area contributed by atoms with Crippen molar-refractivity contribution in [3.63, 3.8) is 0 Å². The lowest BCUT2D eigenvalue weighted by Gasteiger charge is -2.35. The molecule has 1 unspecified atom stereocenters. The van der Waals surface area contributed by atoms with Crippen molar-refractivity contribution in [1.29, 1.82) is 0 Å². The molecule has 1 aromatic carbocycles. The third kappa shape index (κ3) is 3.76. The number of nitrogens with one attached hydrogen (secondary N) is 1. The highest BCUT2D eigenvalue weighted by Crippen LogP contribution is 2.23. The number of carbonyl (C=O) groups is 1. The minimum absolute atomic E-state index is 0.0999. The molecule has 0 bridgehead atoms. The second kappa shape index (κ2) is 8.08. The first-order valence-corrected chi connectivity index (χ1v) is 9.60. The number of morpholine rings is 1. The zero-order valence-electron chi connectivity index (χ0n) is 16.3. The van der Waals surface area contributed by atoms with Crippen LogP contribution in [0.1, 0.15) is 33.2 Å². The van der Waals surface area contributed by atoms with Crippen molar-refractivity contribution in [3.05, 3.63) is 65.1 Å². The maximum atomic E-state index is 13.0. The molecule has 1 N–H and O–H groups in total. The van der Waals surface area contributed by atoms with E-state index in [0.29, 0.717) is 36.7 Å². The highest BCUT2D eigenvalue weighted by atomic mass is 16.5. The van der Waals surface area contributed by atoms with E-state index in [1.54, 1.807) is 23.0 Å². The molecule has 146 valence electrons. The summed E-state index contributed by atoms with van der Waals surface area (Å²) in [4.78, 5) is 19.7. The first-order valence-electron chi connectivity index (χ1n) is 9.60. The number of ether oxygens (including phenoxy) is 1. The Bertz CT molecular complexity index is 978. The summed E-state index contributed by atoms with van der Waals surface area (Å²) in [5, 5.41) is 7.51. The Hall–Kier alpha value is -2.77. The third-order valence-corrected chi connectivity index (χ3v) is 5.17. The van der Waals surface area contributed by atoms with E-state index in [0.717, 1.165) is 13.1 Å². The molecule has 0 saturated carbocycles. The molecule has 3 heterocycles. The first kappa shape index (κ1) is 18.6. The SMILES string of the molecule is Cc1cccc(C(CNC(=O)c2c(C)nn3cccnc23)N2CCOCC2)c1. The molecule has 7 heteroatoms. The lowest BCUT2D eigenvalue weighted by Crippen LogP contribution is -2.43. The fourth-order valence-electron chi connectivity index (χ4n) is 3.76. The summed E-state index contributed by atoms with van der Waals surface area (Å²) in [5.41, 5.74) is 4.21. The van der Waals surface area contributed by atoms with Crippen molar-refractivity contribution in [2.75, 3.05) is 32.8 Å². The van der Waals surface area contributed by atoms with E-state index in [1.807, 2.05) is 6.92 Å². The van der Waals surface area contributed by atoms with Gasteiger partial charge in [-0.15, -0.1) is 0 Å². The molecule has 1 aliphatic rings. The predicted molar refractivity (Wildman–Crippen MR) is 106 cm³/mol. The van der Waals surface area contributed by atoms with Crippen molar-refractivity contribution in [3.8, 4) is 0 Å². The average Bonchev–Trinajstić information content (AvgIpc) is 3.04. The highest BCUT2D eigenvalue weighted by molar-refractivity contribution is 6.00. The number of hydrogen-bond acceptors (Lipinski definition) is 5. The summed E-state index contributed by atoms with van der Waals surface area (Å²) in [6.45, 7) is 7.58. The normalized spacial score (nSPS) is 16.2. The van der Waals surface area contributed by atoms with Crippen molar-refractivity contribution in [1.82, 2.24) is 24.8 Å². The predicted octanol–water partition coefficient (Wildman–Crippen LogP) is 2.15. The minimum Gasteiger partial charge on any atom is -0.379 e. The number of hydrogen-bond donors (Lipinski definition) is 1. The number of fused-ring (bicyclic) bond motifs is 1. The van der Waals surface area contributed by atoms with Crippen LogP contribution in [0.4, 0.5) is 0 Å². The molecule has 0 radical (unpaired) electrons. The molecule has 28 heavy (non-hydrogen) atoms. The van der Waals surface area contributed by atoms with Gasteiger partial charge in [0, 0.05) is 32.0 Å². The molecule has 3 aromatic rings. The third-order valence-electron chi connectivity index (χ3n) is 5.17. The molecule has 4 rings (SSSR count). The Balaban J connectivity index is 1.56. The number of benzene rings is 1. The Kier molecular flexibility index (Phi) is 5.36. The van der Waals surface area contributed by atoms with Gasteiger partial charge in [0.2, 0.25) is 0 Å². The van der Waals surface area contributed by atoms with E-state index < -0.39 is 0 Å². The summed E-state index contributed by atoms with van der Waals surface area (Å²) < 4.78 is 7.15. The van der Waals surface area contributed by atoms with E-state index in [1.165, 1.54) is 11.1 Å².